The topological polar surface area (TPSA) is 58.2 Å². The Hall–Kier alpha value is -0.420. The predicted molar refractivity (Wildman–Crippen MR) is 68.8 cm³/mol. The standard InChI is InChI=1S/C11H24N2O2S/c1-8(2)6-13-11(14)10(4)12-7-9(3)16(5)15/h8-10,12H,6-7H2,1-5H3,(H,13,14). The molecular weight excluding hydrogens is 224 g/mol. The zero-order valence-electron chi connectivity index (χ0n) is 10.9. The molecule has 0 radical (unpaired) electrons. The normalized spacial score (nSPS) is 16.9. The van der Waals surface area contributed by atoms with Gasteiger partial charge in [-0.1, -0.05) is 13.8 Å². The first-order valence-electron chi connectivity index (χ1n) is 5.68. The van der Waals surface area contributed by atoms with E-state index in [0.29, 0.717) is 19.0 Å². The van der Waals surface area contributed by atoms with Crippen LogP contribution in [0.1, 0.15) is 27.7 Å². The highest BCUT2D eigenvalue weighted by molar-refractivity contribution is 7.84. The largest absolute Gasteiger partial charge is 0.354 e. The fourth-order valence-corrected chi connectivity index (χ4v) is 1.34. The van der Waals surface area contributed by atoms with Crippen molar-refractivity contribution in [1.29, 1.82) is 0 Å². The van der Waals surface area contributed by atoms with Gasteiger partial charge in [-0.05, 0) is 19.8 Å². The Balaban J connectivity index is 3.83. The second kappa shape index (κ2) is 7.79. The van der Waals surface area contributed by atoms with Crippen LogP contribution >= 0.6 is 0 Å². The van der Waals surface area contributed by atoms with E-state index in [9.17, 15) is 9.00 Å². The highest BCUT2D eigenvalue weighted by atomic mass is 32.2. The number of nitrogens with one attached hydrogen (secondary N) is 2. The molecule has 1 amide bonds. The molecule has 96 valence electrons. The molecule has 0 aliphatic carbocycles. The van der Waals surface area contributed by atoms with E-state index in [0.717, 1.165) is 0 Å². The van der Waals surface area contributed by atoms with Crippen molar-refractivity contribution in [3.8, 4) is 0 Å². The van der Waals surface area contributed by atoms with E-state index in [2.05, 4.69) is 24.5 Å². The molecule has 0 saturated heterocycles. The molecule has 0 heterocycles. The van der Waals surface area contributed by atoms with Gasteiger partial charge in [-0.15, -0.1) is 0 Å². The third kappa shape index (κ3) is 6.95. The first-order chi connectivity index (χ1) is 7.34. The van der Waals surface area contributed by atoms with Crippen LogP contribution < -0.4 is 10.6 Å². The summed E-state index contributed by atoms with van der Waals surface area (Å²) in [6.45, 7) is 9.13. The first kappa shape index (κ1) is 15.6. The minimum Gasteiger partial charge on any atom is -0.354 e. The second-order valence-corrected chi connectivity index (χ2v) is 6.38. The molecule has 3 atom stereocenters. The summed E-state index contributed by atoms with van der Waals surface area (Å²) in [7, 11) is -0.845. The maximum atomic E-state index is 11.6. The van der Waals surface area contributed by atoms with Gasteiger partial charge in [-0.2, -0.15) is 0 Å². The van der Waals surface area contributed by atoms with Crippen molar-refractivity contribution < 1.29 is 9.00 Å². The van der Waals surface area contributed by atoms with Crippen LogP contribution in [0.3, 0.4) is 0 Å². The molecule has 2 N–H and O–H groups in total. The monoisotopic (exact) mass is 248 g/mol. The fourth-order valence-electron chi connectivity index (χ4n) is 1.01. The van der Waals surface area contributed by atoms with Crippen LogP contribution in [-0.4, -0.2) is 40.8 Å². The zero-order valence-corrected chi connectivity index (χ0v) is 11.7. The molecule has 0 aromatic rings. The van der Waals surface area contributed by atoms with Crippen LogP contribution in [0.2, 0.25) is 0 Å². The van der Waals surface area contributed by atoms with Gasteiger partial charge in [-0.3, -0.25) is 9.00 Å². The van der Waals surface area contributed by atoms with Crippen LogP contribution in [0.25, 0.3) is 0 Å². The Bertz CT molecular complexity index is 244. The minimum absolute atomic E-state index is 0.00258. The lowest BCUT2D eigenvalue weighted by Gasteiger charge is -2.17. The molecule has 0 aliphatic rings. The molecule has 3 unspecified atom stereocenters. The van der Waals surface area contributed by atoms with Gasteiger partial charge in [0, 0.05) is 35.4 Å². The summed E-state index contributed by atoms with van der Waals surface area (Å²) < 4.78 is 11.1. The molecule has 5 heteroatoms. The Kier molecular flexibility index (Phi) is 7.58. The molecule has 0 fully saturated rings. The molecule has 16 heavy (non-hydrogen) atoms. The summed E-state index contributed by atoms with van der Waals surface area (Å²) in [4.78, 5) is 11.6. The van der Waals surface area contributed by atoms with E-state index in [1.165, 1.54) is 0 Å². The maximum Gasteiger partial charge on any atom is 0.236 e. The molecule has 0 rings (SSSR count). The van der Waals surface area contributed by atoms with Crippen LogP contribution in [-0.2, 0) is 15.6 Å². The van der Waals surface area contributed by atoms with Gasteiger partial charge in [0.1, 0.15) is 0 Å². The van der Waals surface area contributed by atoms with Gasteiger partial charge in [0.15, 0.2) is 0 Å². The second-order valence-electron chi connectivity index (χ2n) is 4.58. The average molecular weight is 248 g/mol. The van der Waals surface area contributed by atoms with Crippen molar-refractivity contribution in [2.24, 2.45) is 5.92 Å². The molecule has 4 nitrogen and oxygen atoms in total. The van der Waals surface area contributed by atoms with E-state index >= 15 is 0 Å². The summed E-state index contributed by atoms with van der Waals surface area (Å²) in [5.41, 5.74) is 0. The van der Waals surface area contributed by atoms with Gasteiger partial charge in [-0.25, -0.2) is 0 Å². The smallest absolute Gasteiger partial charge is 0.236 e. The molecular formula is C11H24N2O2S. The van der Waals surface area contributed by atoms with Crippen molar-refractivity contribution in [2.45, 2.75) is 39.0 Å². The quantitative estimate of drug-likeness (QED) is 0.690. The molecule has 0 spiro atoms. The zero-order chi connectivity index (χ0) is 12.7. The summed E-state index contributed by atoms with van der Waals surface area (Å²) in [6, 6.07) is -0.232. The van der Waals surface area contributed by atoms with Gasteiger partial charge < -0.3 is 10.6 Å². The Morgan fingerprint density at radius 3 is 2.19 bits per heavy atom. The third-order valence-electron chi connectivity index (χ3n) is 2.36. The molecule has 0 bridgehead atoms. The highest BCUT2D eigenvalue weighted by Crippen LogP contribution is 1.93. The van der Waals surface area contributed by atoms with Crippen LogP contribution in [0.15, 0.2) is 0 Å². The van der Waals surface area contributed by atoms with E-state index in [1.54, 1.807) is 6.26 Å². The van der Waals surface area contributed by atoms with Crippen molar-refractivity contribution in [1.82, 2.24) is 10.6 Å². The van der Waals surface area contributed by atoms with E-state index in [4.69, 9.17) is 0 Å². The van der Waals surface area contributed by atoms with Crippen LogP contribution in [0.5, 0.6) is 0 Å². The van der Waals surface area contributed by atoms with Crippen molar-refractivity contribution in [3.63, 3.8) is 0 Å². The van der Waals surface area contributed by atoms with Crippen molar-refractivity contribution >= 4 is 16.7 Å². The summed E-state index contributed by atoms with van der Waals surface area (Å²) in [5, 5.41) is 6.01. The summed E-state index contributed by atoms with van der Waals surface area (Å²) in [6.07, 6.45) is 1.68. The SMILES string of the molecule is CC(C)CNC(=O)C(C)NCC(C)S(C)=O. The highest BCUT2D eigenvalue weighted by Gasteiger charge is 2.14. The number of rotatable bonds is 7. The third-order valence-corrected chi connectivity index (χ3v) is 3.66. The van der Waals surface area contributed by atoms with Crippen LogP contribution in [0, 0.1) is 5.92 Å². The van der Waals surface area contributed by atoms with Crippen molar-refractivity contribution in [2.75, 3.05) is 19.3 Å². The fraction of sp³-hybridized carbons (Fsp3) is 0.909. The Labute approximate surface area is 101 Å². The van der Waals surface area contributed by atoms with Crippen molar-refractivity contribution in [3.05, 3.63) is 0 Å². The lowest BCUT2D eigenvalue weighted by atomic mass is 10.2. The van der Waals surface area contributed by atoms with Crippen LogP contribution in [0.4, 0.5) is 0 Å². The average Bonchev–Trinajstić information content (AvgIpc) is 2.21. The Morgan fingerprint density at radius 2 is 1.75 bits per heavy atom. The number of carbonyl (C=O) groups is 1. The molecule has 0 saturated carbocycles. The predicted octanol–water partition coefficient (Wildman–Crippen LogP) is 0.504. The molecule has 0 aliphatic heterocycles. The number of carbonyl (C=O) groups excluding carboxylic acids is 1. The Morgan fingerprint density at radius 1 is 1.19 bits per heavy atom. The minimum atomic E-state index is -0.845. The lowest BCUT2D eigenvalue weighted by molar-refractivity contribution is -0.122. The van der Waals surface area contributed by atoms with E-state index < -0.39 is 10.8 Å². The van der Waals surface area contributed by atoms with E-state index in [1.807, 2.05) is 13.8 Å². The van der Waals surface area contributed by atoms with Gasteiger partial charge >= 0.3 is 0 Å². The summed E-state index contributed by atoms with van der Waals surface area (Å²) >= 11 is 0. The first-order valence-corrected chi connectivity index (χ1v) is 7.30. The number of amides is 1. The lowest BCUT2D eigenvalue weighted by Crippen LogP contribution is -2.45. The number of hydrogen-bond donors (Lipinski definition) is 2. The molecule has 0 aromatic carbocycles. The maximum absolute atomic E-state index is 11.6. The van der Waals surface area contributed by atoms with Gasteiger partial charge in [0.2, 0.25) is 5.91 Å². The van der Waals surface area contributed by atoms with Gasteiger partial charge in [0.05, 0.1) is 6.04 Å². The number of hydrogen-bond acceptors (Lipinski definition) is 3. The van der Waals surface area contributed by atoms with Gasteiger partial charge in [0.25, 0.3) is 0 Å². The van der Waals surface area contributed by atoms with E-state index in [-0.39, 0.29) is 17.2 Å². The molecule has 0 aromatic heterocycles. The summed E-state index contributed by atoms with van der Waals surface area (Å²) in [5.74, 6) is 0.459.